The molecule has 0 unspecified atom stereocenters. The van der Waals surface area contributed by atoms with Crippen LogP contribution >= 0.6 is 0 Å². The van der Waals surface area contributed by atoms with Gasteiger partial charge < -0.3 is 15.4 Å². The van der Waals surface area contributed by atoms with E-state index in [1.54, 1.807) is 12.1 Å². The summed E-state index contributed by atoms with van der Waals surface area (Å²) in [5.41, 5.74) is 7.16. The zero-order valence-electron chi connectivity index (χ0n) is 12.2. The van der Waals surface area contributed by atoms with Crippen molar-refractivity contribution in [3.05, 3.63) is 23.8 Å². The molecule has 1 aromatic carbocycles. The predicted octanol–water partition coefficient (Wildman–Crippen LogP) is 2.73. The molecule has 1 aliphatic heterocycles. The molecule has 4 heteroatoms. The van der Waals surface area contributed by atoms with E-state index < -0.39 is 0 Å². The molecular formula is C16H24N2O2. The van der Waals surface area contributed by atoms with Crippen molar-refractivity contribution in [1.29, 1.82) is 0 Å². The van der Waals surface area contributed by atoms with Crippen molar-refractivity contribution in [2.45, 2.75) is 32.6 Å². The van der Waals surface area contributed by atoms with Gasteiger partial charge in [-0.15, -0.1) is 0 Å². The van der Waals surface area contributed by atoms with Gasteiger partial charge in [0, 0.05) is 18.5 Å². The molecule has 0 aromatic heterocycles. The van der Waals surface area contributed by atoms with Gasteiger partial charge in [-0.25, -0.2) is 0 Å². The summed E-state index contributed by atoms with van der Waals surface area (Å²) in [6.07, 6.45) is 4.01. The van der Waals surface area contributed by atoms with Gasteiger partial charge in [0.25, 0.3) is 0 Å². The van der Waals surface area contributed by atoms with Gasteiger partial charge in [-0.2, -0.15) is 0 Å². The molecule has 0 atom stereocenters. The molecule has 0 saturated carbocycles. The lowest BCUT2D eigenvalue weighted by Crippen LogP contribution is -2.22. The van der Waals surface area contributed by atoms with Crippen LogP contribution in [0.15, 0.2) is 18.2 Å². The Morgan fingerprint density at radius 3 is 2.75 bits per heavy atom. The van der Waals surface area contributed by atoms with E-state index in [0.717, 1.165) is 26.1 Å². The van der Waals surface area contributed by atoms with Gasteiger partial charge in [0.05, 0.1) is 12.3 Å². The van der Waals surface area contributed by atoms with Crippen molar-refractivity contribution in [1.82, 2.24) is 4.90 Å². The molecule has 1 saturated heterocycles. The Hall–Kier alpha value is -1.55. The molecule has 0 radical (unpaired) electrons. The molecule has 0 aliphatic carbocycles. The van der Waals surface area contributed by atoms with Crippen molar-refractivity contribution >= 4 is 11.5 Å². The number of carbonyl (C=O) groups excluding carboxylic acids is 1. The van der Waals surface area contributed by atoms with E-state index in [1.165, 1.54) is 12.8 Å². The number of hydrogen-bond acceptors (Lipinski definition) is 4. The fourth-order valence-corrected chi connectivity index (χ4v) is 2.48. The van der Waals surface area contributed by atoms with Crippen LogP contribution in [0.1, 0.15) is 43.0 Å². The highest BCUT2D eigenvalue weighted by molar-refractivity contribution is 5.97. The third-order valence-corrected chi connectivity index (χ3v) is 3.65. The summed E-state index contributed by atoms with van der Waals surface area (Å²) in [5.74, 6) is 0.827. The normalized spacial score (nSPS) is 15.4. The van der Waals surface area contributed by atoms with Crippen molar-refractivity contribution in [3.63, 3.8) is 0 Å². The summed E-state index contributed by atoms with van der Waals surface area (Å²) >= 11 is 0. The van der Waals surface area contributed by atoms with Crippen LogP contribution < -0.4 is 10.5 Å². The number of ketones is 1. The number of nitrogens with zero attached hydrogens (tertiary/aromatic N) is 1. The summed E-state index contributed by atoms with van der Waals surface area (Å²) in [5, 5.41) is 0. The first kappa shape index (κ1) is 14.9. The maximum Gasteiger partial charge on any atom is 0.164 e. The molecule has 2 N–H and O–H groups in total. The Balaban J connectivity index is 1.90. The Labute approximate surface area is 120 Å². The molecule has 0 amide bonds. The quantitative estimate of drug-likeness (QED) is 0.614. The second-order valence-corrected chi connectivity index (χ2v) is 5.32. The van der Waals surface area contributed by atoms with Gasteiger partial charge >= 0.3 is 0 Å². The molecule has 0 bridgehead atoms. The fourth-order valence-electron chi connectivity index (χ4n) is 2.48. The predicted molar refractivity (Wildman–Crippen MR) is 81.3 cm³/mol. The molecule has 1 aliphatic rings. The van der Waals surface area contributed by atoms with Gasteiger partial charge in [0.1, 0.15) is 5.75 Å². The first-order valence-corrected chi connectivity index (χ1v) is 7.48. The van der Waals surface area contributed by atoms with E-state index in [9.17, 15) is 4.79 Å². The van der Waals surface area contributed by atoms with Crippen molar-refractivity contribution in [2.24, 2.45) is 0 Å². The molecule has 0 spiro atoms. The number of nitrogen functional groups attached to an aromatic ring is 1. The largest absolute Gasteiger partial charge is 0.491 e. The number of ether oxygens (including phenoxy) is 1. The lowest BCUT2D eigenvalue weighted by atomic mass is 10.1. The summed E-state index contributed by atoms with van der Waals surface area (Å²) in [4.78, 5) is 14.5. The maximum absolute atomic E-state index is 12.2. The van der Waals surface area contributed by atoms with Crippen LogP contribution in [0, 0.1) is 0 Å². The monoisotopic (exact) mass is 276 g/mol. The summed E-state index contributed by atoms with van der Waals surface area (Å²) in [6, 6.07) is 5.35. The average molecular weight is 276 g/mol. The van der Waals surface area contributed by atoms with Crippen LogP contribution in [0.3, 0.4) is 0 Å². The second kappa shape index (κ2) is 7.29. The molecule has 4 nitrogen and oxygen atoms in total. The molecule has 110 valence electrons. The van der Waals surface area contributed by atoms with Crippen molar-refractivity contribution in [2.75, 3.05) is 32.0 Å². The highest BCUT2D eigenvalue weighted by Gasteiger charge is 2.14. The van der Waals surface area contributed by atoms with Crippen LogP contribution in [0.2, 0.25) is 0 Å². The summed E-state index contributed by atoms with van der Waals surface area (Å²) in [6.45, 7) is 5.80. The lowest BCUT2D eigenvalue weighted by molar-refractivity contribution is 0.0969. The van der Waals surface area contributed by atoms with Gasteiger partial charge in [0.2, 0.25) is 0 Å². The highest BCUT2D eigenvalue weighted by atomic mass is 16.5. The van der Waals surface area contributed by atoms with E-state index in [2.05, 4.69) is 4.90 Å². The molecule has 1 aromatic rings. The summed E-state index contributed by atoms with van der Waals surface area (Å²) in [7, 11) is 0. The van der Waals surface area contributed by atoms with E-state index in [4.69, 9.17) is 10.5 Å². The molecule has 1 fully saturated rings. The molecule has 20 heavy (non-hydrogen) atoms. The van der Waals surface area contributed by atoms with Crippen LogP contribution in [0.5, 0.6) is 5.75 Å². The number of hydrogen-bond donors (Lipinski definition) is 1. The Bertz CT molecular complexity index is 454. The second-order valence-electron chi connectivity index (χ2n) is 5.32. The maximum atomic E-state index is 12.2. The zero-order chi connectivity index (χ0) is 14.4. The first-order valence-electron chi connectivity index (χ1n) is 7.48. The highest BCUT2D eigenvalue weighted by Crippen LogP contribution is 2.23. The van der Waals surface area contributed by atoms with E-state index in [0.29, 0.717) is 30.0 Å². The number of Topliss-reactive ketones (excluding diaryl/α,β-unsaturated/α-hetero) is 1. The van der Waals surface area contributed by atoms with E-state index in [1.807, 2.05) is 13.0 Å². The van der Waals surface area contributed by atoms with Gasteiger partial charge in [-0.1, -0.05) is 6.92 Å². The molecular weight excluding hydrogens is 252 g/mol. The van der Waals surface area contributed by atoms with Crippen LogP contribution in [0.25, 0.3) is 0 Å². The average Bonchev–Trinajstić information content (AvgIpc) is 2.96. The van der Waals surface area contributed by atoms with E-state index >= 15 is 0 Å². The lowest BCUT2D eigenvalue weighted by Gasteiger charge is -2.14. The molecule has 1 heterocycles. The zero-order valence-corrected chi connectivity index (χ0v) is 12.2. The van der Waals surface area contributed by atoms with Crippen LogP contribution in [0.4, 0.5) is 5.69 Å². The van der Waals surface area contributed by atoms with Crippen LogP contribution in [-0.2, 0) is 0 Å². The topological polar surface area (TPSA) is 55.6 Å². The van der Waals surface area contributed by atoms with Crippen molar-refractivity contribution in [3.8, 4) is 5.75 Å². The van der Waals surface area contributed by atoms with E-state index in [-0.39, 0.29) is 5.78 Å². The minimum absolute atomic E-state index is 0.158. The minimum Gasteiger partial charge on any atom is -0.491 e. The number of rotatable bonds is 7. The SMILES string of the molecule is CCCOc1ccc(C(=O)CCN2CCCC2)cc1N. The number of benzene rings is 1. The Morgan fingerprint density at radius 2 is 2.10 bits per heavy atom. The van der Waals surface area contributed by atoms with Gasteiger partial charge in [0.15, 0.2) is 5.78 Å². The van der Waals surface area contributed by atoms with Crippen LogP contribution in [-0.4, -0.2) is 36.9 Å². The number of carbonyl (C=O) groups is 1. The van der Waals surface area contributed by atoms with Gasteiger partial charge in [-0.05, 0) is 50.6 Å². The number of anilines is 1. The first-order chi connectivity index (χ1) is 9.70. The molecule has 2 rings (SSSR count). The third kappa shape index (κ3) is 3.97. The summed E-state index contributed by atoms with van der Waals surface area (Å²) < 4.78 is 5.52. The number of likely N-dealkylation sites (tertiary alicyclic amines) is 1. The Morgan fingerprint density at radius 1 is 1.35 bits per heavy atom. The fraction of sp³-hybridized carbons (Fsp3) is 0.562. The smallest absolute Gasteiger partial charge is 0.164 e. The van der Waals surface area contributed by atoms with Crippen molar-refractivity contribution < 1.29 is 9.53 Å². The number of nitrogens with two attached hydrogens (primary N) is 1. The third-order valence-electron chi connectivity index (χ3n) is 3.65. The van der Waals surface area contributed by atoms with Gasteiger partial charge in [-0.3, -0.25) is 4.79 Å². The standard InChI is InChI=1S/C16H24N2O2/c1-2-11-20-16-6-5-13(12-14(16)17)15(19)7-10-18-8-3-4-9-18/h5-6,12H,2-4,7-11,17H2,1H3. The minimum atomic E-state index is 0.158. The Kier molecular flexibility index (Phi) is 5.41.